The van der Waals surface area contributed by atoms with Crippen molar-refractivity contribution in [3.8, 4) is 5.75 Å². The lowest BCUT2D eigenvalue weighted by Crippen LogP contribution is -2.29. The van der Waals surface area contributed by atoms with Crippen molar-refractivity contribution in [2.75, 3.05) is 11.5 Å². The van der Waals surface area contributed by atoms with Crippen molar-refractivity contribution in [1.29, 1.82) is 0 Å². The molecule has 1 aliphatic heterocycles. The fourth-order valence-electron chi connectivity index (χ4n) is 3.55. The average Bonchev–Trinajstić information content (AvgIpc) is 3.25. The minimum atomic E-state index is -0.398. The molecule has 0 bridgehead atoms. The van der Waals surface area contributed by atoms with Gasteiger partial charge in [-0.1, -0.05) is 30.7 Å². The number of fused-ring (bicyclic) bond motifs is 1. The molecule has 0 N–H and O–H groups in total. The van der Waals surface area contributed by atoms with Crippen molar-refractivity contribution in [2.45, 2.75) is 33.3 Å². The van der Waals surface area contributed by atoms with Crippen LogP contribution in [0.25, 0.3) is 0 Å². The zero-order chi connectivity index (χ0) is 22.7. The molecule has 0 saturated heterocycles. The molecule has 0 saturated carbocycles. The van der Waals surface area contributed by atoms with Crippen LogP contribution in [0.1, 0.15) is 30.7 Å². The van der Waals surface area contributed by atoms with Gasteiger partial charge in [0, 0.05) is 17.3 Å². The van der Waals surface area contributed by atoms with E-state index in [0.717, 1.165) is 23.4 Å². The van der Waals surface area contributed by atoms with E-state index in [1.165, 1.54) is 23.8 Å². The number of anilines is 2. The minimum Gasteiger partial charge on any atom is -0.492 e. The van der Waals surface area contributed by atoms with Crippen LogP contribution in [0.5, 0.6) is 5.75 Å². The zero-order valence-corrected chi connectivity index (χ0v) is 19.4. The van der Waals surface area contributed by atoms with Gasteiger partial charge in [-0.05, 0) is 54.3 Å². The zero-order valence-electron chi connectivity index (χ0n) is 17.8. The third-order valence-corrected chi connectivity index (χ3v) is 6.38. The maximum absolute atomic E-state index is 12.6. The lowest BCUT2D eigenvalue weighted by molar-refractivity contribution is -0.151. The molecule has 0 radical (unpaired) electrons. The SMILES string of the molecule is CCc1ccc(N(C(C)=O)c2nc(COC(=O)C3COc4ccc(Cl)cc4C3)cs2)cc1. The van der Waals surface area contributed by atoms with Gasteiger partial charge in [0.15, 0.2) is 5.13 Å². The first-order chi connectivity index (χ1) is 15.4. The molecule has 32 heavy (non-hydrogen) atoms. The molecule has 1 amide bonds. The number of aromatic nitrogens is 1. The van der Waals surface area contributed by atoms with Gasteiger partial charge in [0.05, 0.1) is 17.3 Å². The highest BCUT2D eigenvalue weighted by atomic mass is 35.5. The first-order valence-electron chi connectivity index (χ1n) is 10.4. The number of ether oxygens (including phenoxy) is 2. The van der Waals surface area contributed by atoms with Gasteiger partial charge in [-0.15, -0.1) is 11.3 Å². The molecule has 166 valence electrons. The number of amides is 1. The van der Waals surface area contributed by atoms with E-state index in [0.29, 0.717) is 22.3 Å². The fraction of sp³-hybridized carbons (Fsp3) is 0.292. The largest absolute Gasteiger partial charge is 0.492 e. The standard InChI is InChI=1S/C24H23ClN2O4S/c1-3-16-4-7-21(8-5-16)27(15(2)28)24-26-20(14-32-24)13-31-23(29)18-10-17-11-19(25)6-9-22(17)30-12-18/h4-9,11,14,18H,3,10,12-13H2,1-2H3. The lowest BCUT2D eigenvalue weighted by atomic mass is 9.97. The minimum absolute atomic E-state index is 0.0365. The van der Waals surface area contributed by atoms with Gasteiger partial charge in [-0.3, -0.25) is 14.5 Å². The predicted octanol–water partition coefficient (Wildman–Crippen LogP) is 5.34. The molecular weight excluding hydrogens is 448 g/mol. The van der Waals surface area contributed by atoms with Crippen LogP contribution in [-0.4, -0.2) is 23.5 Å². The first kappa shape index (κ1) is 22.3. The second-order valence-electron chi connectivity index (χ2n) is 7.57. The monoisotopic (exact) mass is 470 g/mol. The number of rotatable bonds is 6. The Morgan fingerprint density at radius 2 is 2.03 bits per heavy atom. The number of carbonyl (C=O) groups is 2. The number of thiazole rings is 1. The summed E-state index contributed by atoms with van der Waals surface area (Å²) >= 11 is 7.38. The maximum Gasteiger partial charge on any atom is 0.313 e. The number of hydrogen-bond donors (Lipinski definition) is 0. The summed E-state index contributed by atoms with van der Waals surface area (Å²) in [4.78, 5) is 30.9. The number of halogens is 1. The van der Waals surface area contributed by atoms with Gasteiger partial charge < -0.3 is 9.47 Å². The summed E-state index contributed by atoms with van der Waals surface area (Å²) in [7, 11) is 0. The summed E-state index contributed by atoms with van der Waals surface area (Å²) in [6, 6.07) is 13.2. The molecule has 2 heterocycles. The molecule has 1 aromatic heterocycles. The van der Waals surface area contributed by atoms with E-state index < -0.39 is 5.92 Å². The van der Waals surface area contributed by atoms with Crippen molar-refractivity contribution in [3.63, 3.8) is 0 Å². The Morgan fingerprint density at radius 1 is 1.25 bits per heavy atom. The number of nitrogens with zero attached hydrogens (tertiary/aromatic N) is 2. The third kappa shape index (κ3) is 4.95. The Balaban J connectivity index is 1.40. The van der Waals surface area contributed by atoms with Crippen molar-refractivity contribution >= 4 is 45.6 Å². The van der Waals surface area contributed by atoms with Crippen LogP contribution in [-0.2, 0) is 33.8 Å². The molecule has 0 fully saturated rings. The molecule has 2 aromatic carbocycles. The van der Waals surface area contributed by atoms with Crippen LogP contribution >= 0.6 is 22.9 Å². The van der Waals surface area contributed by atoms with Crippen molar-refractivity contribution in [2.24, 2.45) is 5.92 Å². The van der Waals surface area contributed by atoms with E-state index in [2.05, 4.69) is 11.9 Å². The summed E-state index contributed by atoms with van der Waals surface area (Å²) in [5.74, 6) is -0.128. The Labute approximate surface area is 195 Å². The Kier molecular flexibility index (Phi) is 6.77. The lowest BCUT2D eigenvalue weighted by Gasteiger charge is -2.24. The van der Waals surface area contributed by atoms with Crippen LogP contribution in [0.15, 0.2) is 47.8 Å². The van der Waals surface area contributed by atoms with E-state index in [1.807, 2.05) is 36.4 Å². The molecule has 1 unspecified atom stereocenters. The van der Waals surface area contributed by atoms with E-state index in [1.54, 1.807) is 16.3 Å². The van der Waals surface area contributed by atoms with E-state index in [4.69, 9.17) is 21.1 Å². The normalized spacial score (nSPS) is 14.9. The highest BCUT2D eigenvalue weighted by Gasteiger charge is 2.28. The molecule has 6 nitrogen and oxygen atoms in total. The molecule has 3 aromatic rings. The van der Waals surface area contributed by atoms with Crippen LogP contribution in [0, 0.1) is 5.92 Å². The van der Waals surface area contributed by atoms with Gasteiger partial charge >= 0.3 is 5.97 Å². The highest BCUT2D eigenvalue weighted by molar-refractivity contribution is 7.14. The average molecular weight is 471 g/mol. The number of hydrogen-bond acceptors (Lipinski definition) is 6. The predicted molar refractivity (Wildman–Crippen MR) is 125 cm³/mol. The topological polar surface area (TPSA) is 68.7 Å². The fourth-order valence-corrected chi connectivity index (χ4v) is 4.62. The van der Waals surface area contributed by atoms with Crippen molar-refractivity contribution in [1.82, 2.24) is 4.98 Å². The van der Waals surface area contributed by atoms with Gasteiger partial charge in [-0.2, -0.15) is 0 Å². The second-order valence-corrected chi connectivity index (χ2v) is 8.84. The highest BCUT2D eigenvalue weighted by Crippen LogP contribution is 2.31. The first-order valence-corrected chi connectivity index (χ1v) is 11.6. The third-order valence-electron chi connectivity index (χ3n) is 5.27. The molecule has 0 aliphatic carbocycles. The summed E-state index contributed by atoms with van der Waals surface area (Å²) in [5.41, 5.74) is 3.44. The van der Waals surface area contributed by atoms with E-state index in [9.17, 15) is 9.59 Å². The number of aryl methyl sites for hydroxylation is 1. The second kappa shape index (κ2) is 9.71. The van der Waals surface area contributed by atoms with E-state index >= 15 is 0 Å². The van der Waals surface area contributed by atoms with Crippen molar-refractivity contribution < 1.29 is 19.1 Å². The molecule has 0 spiro atoms. The summed E-state index contributed by atoms with van der Waals surface area (Å²) in [5, 5.41) is 2.94. The van der Waals surface area contributed by atoms with Crippen molar-refractivity contribution in [3.05, 3.63) is 69.7 Å². The van der Waals surface area contributed by atoms with Crippen LogP contribution in [0.4, 0.5) is 10.8 Å². The smallest absolute Gasteiger partial charge is 0.313 e. The number of benzene rings is 2. The molecule has 4 rings (SSSR count). The Bertz CT molecular complexity index is 1130. The van der Waals surface area contributed by atoms with Crippen LogP contribution in [0.3, 0.4) is 0 Å². The van der Waals surface area contributed by atoms with Crippen LogP contribution < -0.4 is 9.64 Å². The van der Waals surface area contributed by atoms with Gasteiger partial charge in [0.1, 0.15) is 19.0 Å². The summed E-state index contributed by atoms with van der Waals surface area (Å²) < 4.78 is 11.2. The van der Waals surface area contributed by atoms with Gasteiger partial charge in [0.25, 0.3) is 0 Å². The maximum atomic E-state index is 12.6. The number of carbonyl (C=O) groups excluding carboxylic acids is 2. The molecule has 8 heteroatoms. The van der Waals surface area contributed by atoms with Gasteiger partial charge in [-0.25, -0.2) is 4.98 Å². The quantitative estimate of drug-likeness (QED) is 0.455. The Morgan fingerprint density at radius 3 is 2.75 bits per heavy atom. The van der Waals surface area contributed by atoms with Crippen LogP contribution in [0.2, 0.25) is 5.02 Å². The van der Waals surface area contributed by atoms with Gasteiger partial charge in [0.2, 0.25) is 5.91 Å². The Hall–Kier alpha value is -2.90. The summed E-state index contributed by atoms with van der Waals surface area (Å²) in [6.45, 7) is 3.89. The summed E-state index contributed by atoms with van der Waals surface area (Å²) in [6.07, 6.45) is 1.45. The molecular formula is C24H23ClN2O4S. The molecule has 1 atom stereocenters. The number of esters is 1. The van der Waals surface area contributed by atoms with E-state index in [-0.39, 0.29) is 25.1 Å². The molecule has 1 aliphatic rings.